The van der Waals surface area contributed by atoms with Gasteiger partial charge in [-0.3, -0.25) is 15.1 Å². The second-order valence-electron chi connectivity index (χ2n) is 8.54. The highest BCUT2D eigenvalue weighted by molar-refractivity contribution is 5.91. The number of rotatable bonds is 4. The Hall–Kier alpha value is -3.33. The minimum atomic E-state index is -0.511. The molecule has 0 atom stereocenters. The predicted octanol–water partition coefficient (Wildman–Crippen LogP) is 3.02. The van der Waals surface area contributed by atoms with E-state index < -0.39 is 5.54 Å². The van der Waals surface area contributed by atoms with Gasteiger partial charge in [-0.2, -0.15) is 5.10 Å². The predicted molar refractivity (Wildman–Crippen MR) is 119 cm³/mol. The van der Waals surface area contributed by atoms with E-state index in [9.17, 15) is 0 Å². The Morgan fingerprint density at radius 3 is 2.58 bits per heavy atom. The van der Waals surface area contributed by atoms with Crippen molar-refractivity contribution in [3.8, 4) is 5.75 Å². The zero-order chi connectivity index (χ0) is 22.2. The highest BCUT2D eigenvalue weighted by Crippen LogP contribution is 2.45. The maximum Gasteiger partial charge on any atom is 0.145 e. The molecule has 0 bridgehead atoms. The summed E-state index contributed by atoms with van der Waals surface area (Å²) in [4.78, 5) is 18.4. The molecule has 162 valence electrons. The van der Waals surface area contributed by atoms with Gasteiger partial charge in [-0.25, -0.2) is 9.97 Å². The number of aromatic amines is 1. The number of nitrogens with zero attached hydrogens (tertiary/aromatic N) is 5. The second-order valence-corrected chi connectivity index (χ2v) is 8.54. The van der Waals surface area contributed by atoms with E-state index in [1.807, 2.05) is 45.2 Å². The van der Waals surface area contributed by atoms with E-state index in [2.05, 4.69) is 25.1 Å². The molecule has 0 aliphatic heterocycles. The maximum absolute atomic E-state index is 6.32. The Balaban J connectivity index is 1.61. The molecule has 0 saturated heterocycles. The molecule has 0 amide bonds. The standard InChI is InChI=1S/C22H28N8O/c1-12-19(22(2,3)24)25-10-16(28-12)13-8-14(9-13)21-29-20(23)15-6-5-7-17(31-4)18(15)26-11-27-30-21/h5-7,10-11,13-14H,8-9,23-24H2,1-4H3,(H,29,30). The van der Waals surface area contributed by atoms with Gasteiger partial charge in [0.2, 0.25) is 0 Å². The number of H-pyrrole nitrogens is 1. The summed E-state index contributed by atoms with van der Waals surface area (Å²) in [7, 11) is 1.60. The molecule has 1 aliphatic rings. The van der Waals surface area contributed by atoms with Crippen LogP contribution in [0.1, 0.15) is 61.4 Å². The highest BCUT2D eigenvalue weighted by Gasteiger charge is 2.35. The molecule has 5 N–H and O–H groups in total. The first-order valence-corrected chi connectivity index (χ1v) is 10.3. The molecule has 3 aromatic rings. The van der Waals surface area contributed by atoms with Crippen LogP contribution in [0.15, 0.2) is 30.7 Å². The quantitative estimate of drug-likeness (QED) is 0.585. The Kier molecular flexibility index (Phi) is 5.45. The van der Waals surface area contributed by atoms with Crippen molar-refractivity contribution in [1.82, 2.24) is 30.1 Å². The van der Waals surface area contributed by atoms with Gasteiger partial charge in [0.1, 0.15) is 29.2 Å². The van der Waals surface area contributed by atoms with Crippen LogP contribution in [0.4, 0.5) is 5.82 Å². The number of ether oxygens (including phenoxy) is 1. The normalized spacial score (nSPS) is 18.4. The summed E-state index contributed by atoms with van der Waals surface area (Å²) >= 11 is 0. The lowest BCUT2D eigenvalue weighted by molar-refractivity contribution is 0.328. The summed E-state index contributed by atoms with van der Waals surface area (Å²) in [6.45, 7) is 5.83. The highest BCUT2D eigenvalue weighted by atomic mass is 16.5. The summed E-state index contributed by atoms with van der Waals surface area (Å²) in [5.41, 5.74) is 15.3. The number of methoxy groups -OCH3 is 1. The number of para-hydroxylation sites is 1. The summed E-state index contributed by atoms with van der Waals surface area (Å²) in [6, 6.07) is 5.57. The van der Waals surface area contributed by atoms with Crippen LogP contribution in [0.2, 0.25) is 0 Å². The Morgan fingerprint density at radius 2 is 1.90 bits per heavy atom. The minimum absolute atomic E-state index is 0.195. The zero-order valence-electron chi connectivity index (χ0n) is 18.3. The smallest absolute Gasteiger partial charge is 0.145 e. The largest absolute Gasteiger partial charge is 0.494 e. The molecule has 9 heteroatoms. The van der Waals surface area contributed by atoms with E-state index in [4.69, 9.17) is 21.2 Å². The molecule has 0 radical (unpaired) electrons. The summed E-state index contributed by atoms with van der Waals surface area (Å²) in [5, 5.41) is 7.92. The maximum atomic E-state index is 6.32. The number of hydrogen-bond donors (Lipinski definition) is 3. The van der Waals surface area contributed by atoms with Crippen molar-refractivity contribution in [2.45, 2.75) is 51.0 Å². The SMILES string of the molecule is COc1cccc2c(N)nc(C3CC(c4cnc(C(C)(C)N)c(C)n4)C3)[nH]ncnc12. The first kappa shape index (κ1) is 20.9. The fourth-order valence-corrected chi connectivity index (χ4v) is 4.02. The van der Waals surface area contributed by atoms with Crippen LogP contribution in [0, 0.1) is 6.92 Å². The van der Waals surface area contributed by atoms with Crippen LogP contribution < -0.4 is 16.2 Å². The molecule has 4 rings (SSSR count). The second kappa shape index (κ2) is 8.07. The van der Waals surface area contributed by atoms with Crippen LogP contribution in [-0.4, -0.2) is 37.2 Å². The van der Waals surface area contributed by atoms with E-state index in [0.29, 0.717) is 28.4 Å². The third kappa shape index (κ3) is 4.13. The van der Waals surface area contributed by atoms with Gasteiger partial charge in [0.05, 0.1) is 29.7 Å². The number of anilines is 1. The average molecular weight is 421 g/mol. The topological polar surface area (TPSA) is 142 Å². The third-order valence-electron chi connectivity index (χ3n) is 5.68. The van der Waals surface area contributed by atoms with Crippen molar-refractivity contribution < 1.29 is 4.74 Å². The van der Waals surface area contributed by atoms with Crippen molar-refractivity contribution in [3.05, 3.63) is 53.6 Å². The molecule has 0 spiro atoms. The molecular weight excluding hydrogens is 392 g/mol. The van der Waals surface area contributed by atoms with Gasteiger partial charge in [-0.15, -0.1) is 0 Å². The Bertz CT molecular complexity index is 1160. The lowest BCUT2D eigenvalue weighted by Gasteiger charge is -2.34. The molecular formula is C22H28N8O. The summed E-state index contributed by atoms with van der Waals surface area (Å²) in [6.07, 6.45) is 5.07. The van der Waals surface area contributed by atoms with E-state index in [1.54, 1.807) is 7.11 Å². The lowest BCUT2D eigenvalue weighted by atomic mass is 9.73. The Morgan fingerprint density at radius 1 is 1.13 bits per heavy atom. The third-order valence-corrected chi connectivity index (χ3v) is 5.68. The Labute approximate surface area is 181 Å². The van der Waals surface area contributed by atoms with E-state index in [1.165, 1.54) is 6.33 Å². The molecule has 1 aromatic carbocycles. The lowest BCUT2D eigenvalue weighted by Crippen LogP contribution is -2.32. The average Bonchev–Trinajstić information content (AvgIpc) is 2.75. The van der Waals surface area contributed by atoms with Crippen molar-refractivity contribution in [3.63, 3.8) is 0 Å². The van der Waals surface area contributed by atoms with Crippen LogP contribution in [0.25, 0.3) is 10.9 Å². The number of aryl methyl sites for hydroxylation is 1. The number of nitrogens with one attached hydrogen (secondary N) is 1. The fourth-order valence-electron chi connectivity index (χ4n) is 4.02. The molecule has 1 fully saturated rings. The minimum Gasteiger partial charge on any atom is -0.494 e. The molecule has 0 unspecified atom stereocenters. The van der Waals surface area contributed by atoms with Gasteiger partial charge < -0.3 is 16.2 Å². The number of benzene rings is 1. The van der Waals surface area contributed by atoms with Crippen LogP contribution in [-0.2, 0) is 5.54 Å². The first-order chi connectivity index (χ1) is 14.8. The summed E-state index contributed by atoms with van der Waals surface area (Å²) in [5.74, 6) is 2.22. The van der Waals surface area contributed by atoms with Crippen molar-refractivity contribution in [2.24, 2.45) is 5.73 Å². The van der Waals surface area contributed by atoms with Gasteiger partial charge in [-0.05, 0) is 45.7 Å². The number of fused-ring (bicyclic) bond motifs is 1. The molecule has 1 saturated carbocycles. The van der Waals surface area contributed by atoms with E-state index in [0.717, 1.165) is 35.7 Å². The molecule has 31 heavy (non-hydrogen) atoms. The first-order valence-electron chi connectivity index (χ1n) is 10.3. The monoisotopic (exact) mass is 420 g/mol. The number of nitrogen functional groups attached to an aromatic ring is 1. The van der Waals surface area contributed by atoms with E-state index >= 15 is 0 Å². The number of nitrogens with two attached hydrogens (primary N) is 2. The van der Waals surface area contributed by atoms with Gasteiger partial charge in [0.15, 0.2) is 0 Å². The molecule has 9 nitrogen and oxygen atoms in total. The van der Waals surface area contributed by atoms with Gasteiger partial charge in [0.25, 0.3) is 0 Å². The van der Waals surface area contributed by atoms with Gasteiger partial charge in [0, 0.05) is 23.4 Å². The van der Waals surface area contributed by atoms with Crippen LogP contribution in [0.5, 0.6) is 5.75 Å². The summed E-state index contributed by atoms with van der Waals surface area (Å²) < 4.78 is 5.39. The molecule has 2 heterocycles. The fraction of sp³-hybridized carbons (Fsp3) is 0.409. The number of hydrogen-bond acceptors (Lipinski definition) is 8. The van der Waals surface area contributed by atoms with Gasteiger partial charge in [-0.1, -0.05) is 6.07 Å². The van der Waals surface area contributed by atoms with E-state index in [-0.39, 0.29) is 5.92 Å². The molecule has 1 aliphatic carbocycles. The number of aromatic nitrogens is 6. The van der Waals surface area contributed by atoms with Crippen LogP contribution in [0.3, 0.4) is 0 Å². The van der Waals surface area contributed by atoms with Crippen molar-refractivity contribution in [1.29, 1.82) is 0 Å². The zero-order valence-corrected chi connectivity index (χ0v) is 18.3. The van der Waals surface area contributed by atoms with Crippen molar-refractivity contribution >= 4 is 16.7 Å². The molecule has 2 aromatic heterocycles. The van der Waals surface area contributed by atoms with Crippen LogP contribution >= 0.6 is 0 Å². The van der Waals surface area contributed by atoms with Crippen molar-refractivity contribution in [2.75, 3.05) is 12.8 Å². The van der Waals surface area contributed by atoms with Gasteiger partial charge >= 0.3 is 0 Å².